The number of halogens is 1. The van der Waals surface area contributed by atoms with Gasteiger partial charge in [0.05, 0.1) is 47.4 Å². The van der Waals surface area contributed by atoms with Crippen molar-refractivity contribution in [2.24, 2.45) is 0 Å². The van der Waals surface area contributed by atoms with Crippen LogP contribution in [0.25, 0.3) is 39.0 Å². The van der Waals surface area contributed by atoms with Crippen molar-refractivity contribution >= 4 is 22.6 Å². The van der Waals surface area contributed by atoms with Gasteiger partial charge in [-0.2, -0.15) is 4.98 Å². The number of ether oxygens (including phenoxy) is 2. The number of aliphatic hydroxyl groups is 2. The summed E-state index contributed by atoms with van der Waals surface area (Å²) in [4.78, 5) is 7.59. The topological polar surface area (TPSA) is 118 Å². The van der Waals surface area contributed by atoms with Crippen LogP contribution in [0.3, 0.4) is 0 Å². The number of hydrogen-bond donors (Lipinski definition) is 3. The number of benzene rings is 3. The van der Waals surface area contributed by atoms with Gasteiger partial charge in [-0.3, -0.25) is 0 Å². The van der Waals surface area contributed by atoms with E-state index >= 15 is 0 Å². The van der Waals surface area contributed by atoms with E-state index in [-0.39, 0.29) is 19.2 Å². The van der Waals surface area contributed by atoms with E-state index in [0.29, 0.717) is 10.5 Å². The molecule has 3 heterocycles. The second-order valence-corrected chi connectivity index (χ2v) is 8.97. The van der Waals surface area contributed by atoms with Crippen LogP contribution in [-0.2, 0) is 4.74 Å². The van der Waals surface area contributed by atoms with Crippen molar-refractivity contribution in [2.75, 3.05) is 13.2 Å². The number of H-pyrrole nitrogens is 1. The maximum Gasteiger partial charge on any atom is 0.295 e. The van der Waals surface area contributed by atoms with Crippen LogP contribution in [0.2, 0.25) is 5.02 Å². The van der Waals surface area contributed by atoms with E-state index in [1.807, 2.05) is 42.5 Å². The predicted molar refractivity (Wildman–Crippen MR) is 134 cm³/mol. The van der Waals surface area contributed by atoms with Crippen molar-refractivity contribution in [1.82, 2.24) is 25.0 Å². The van der Waals surface area contributed by atoms with E-state index in [4.69, 9.17) is 21.1 Å². The van der Waals surface area contributed by atoms with Crippen LogP contribution in [0.15, 0.2) is 73.1 Å². The largest absolute Gasteiger partial charge is 0.456 e. The maximum absolute atomic E-state index is 10.2. The van der Waals surface area contributed by atoms with E-state index < -0.39 is 18.3 Å². The Bertz CT molecular complexity index is 1490. The molecule has 1 aliphatic heterocycles. The number of fused-ring (bicyclic) bond motifs is 1. The maximum atomic E-state index is 10.2. The third-order valence-electron chi connectivity index (χ3n) is 6.31. The van der Waals surface area contributed by atoms with Crippen molar-refractivity contribution in [2.45, 2.75) is 18.3 Å². The average Bonchev–Trinajstić information content (AvgIpc) is 3.65. The highest BCUT2D eigenvalue weighted by atomic mass is 35.5. The van der Waals surface area contributed by atoms with Gasteiger partial charge in [-0.15, -0.1) is 5.10 Å². The van der Waals surface area contributed by atoms with Crippen LogP contribution in [-0.4, -0.2) is 66.7 Å². The number of hydrogen-bond acceptors (Lipinski definition) is 7. The summed E-state index contributed by atoms with van der Waals surface area (Å²) >= 11 is 6.61. The molecule has 0 bridgehead atoms. The van der Waals surface area contributed by atoms with Crippen molar-refractivity contribution < 1.29 is 19.7 Å². The fourth-order valence-electron chi connectivity index (χ4n) is 4.34. The Morgan fingerprint density at radius 1 is 1.06 bits per heavy atom. The number of aromatic nitrogens is 5. The molecule has 0 aliphatic carbocycles. The molecule has 5 aromatic rings. The van der Waals surface area contributed by atoms with Crippen LogP contribution in [0.4, 0.5) is 0 Å². The summed E-state index contributed by atoms with van der Waals surface area (Å²) in [6.45, 7) is -0.0990. The minimum absolute atomic E-state index is 0.172. The molecule has 0 radical (unpaired) electrons. The van der Waals surface area contributed by atoms with Gasteiger partial charge in [-0.25, -0.2) is 4.68 Å². The SMILES string of the molecule is OC[C@H]1OC[C@@H](Oc2nc3cc(-c4ccc(-c5ccc(-n6ccnn6)cc5)cc4)c(Cl)cc3[nH]2)C1O. The van der Waals surface area contributed by atoms with E-state index in [1.165, 1.54) is 0 Å². The summed E-state index contributed by atoms with van der Waals surface area (Å²) in [6, 6.07) is 20.2. The highest BCUT2D eigenvalue weighted by Crippen LogP contribution is 2.34. The van der Waals surface area contributed by atoms with Gasteiger partial charge in [0.1, 0.15) is 12.2 Å². The second kappa shape index (κ2) is 9.36. The standard InChI is InChI=1S/C26H22ClN5O4/c27-20-12-22-21(29-26(30-22)36-24-14-35-23(13-33)25(24)34)11-19(20)17-3-1-15(2-4-17)16-5-7-18(8-6-16)32-10-9-28-31-32/h1-12,23-25,33-34H,13-14H2,(H,29,30)/t23-,24-,25?/m1/s1. The van der Waals surface area contributed by atoms with Gasteiger partial charge in [0.15, 0.2) is 6.10 Å². The molecule has 10 heteroatoms. The number of aliphatic hydroxyl groups excluding tert-OH is 2. The fourth-order valence-corrected chi connectivity index (χ4v) is 4.61. The first kappa shape index (κ1) is 22.7. The Balaban J connectivity index is 1.22. The lowest BCUT2D eigenvalue weighted by Crippen LogP contribution is -2.36. The molecular formula is C26H22ClN5O4. The molecule has 1 unspecified atom stereocenters. The number of imidazole rings is 1. The number of aromatic amines is 1. The van der Waals surface area contributed by atoms with Crippen molar-refractivity contribution in [3.05, 3.63) is 78.1 Å². The second-order valence-electron chi connectivity index (χ2n) is 8.56. The summed E-state index contributed by atoms with van der Waals surface area (Å²) in [5.74, 6) is 0. The number of rotatable bonds is 6. The van der Waals surface area contributed by atoms with E-state index in [0.717, 1.165) is 33.5 Å². The van der Waals surface area contributed by atoms with Crippen LogP contribution >= 0.6 is 11.6 Å². The van der Waals surface area contributed by atoms with Gasteiger partial charge in [-0.1, -0.05) is 53.2 Å². The molecule has 182 valence electrons. The first-order valence-electron chi connectivity index (χ1n) is 11.4. The van der Waals surface area contributed by atoms with Gasteiger partial charge in [0.25, 0.3) is 6.01 Å². The molecule has 0 amide bonds. The molecule has 2 aromatic heterocycles. The van der Waals surface area contributed by atoms with Gasteiger partial charge in [0.2, 0.25) is 0 Å². The molecule has 0 spiro atoms. The van der Waals surface area contributed by atoms with E-state index in [2.05, 4.69) is 32.4 Å². The Kier molecular flexibility index (Phi) is 5.90. The molecule has 6 rings (SSSR count). The van der Waals surface area contributed by atoms with Crippen molar-refractivity contribution in [3.8, 4) is 34.0 Å². The lowest BCUT2D eigenvalue weighted by molar-refractivity contribution is -0.00390. The minimum atomic E-state index is -0.931. The normalized spacial score (nSPS) is 19.7. The first-order chi connectivity index (χ1) is 17.6. The molecule has 0 saturated carbocycles. The minimum Gasteiger partial charge on any atom is -0.456 e. The average molecular weight is 504 g/mol. The summed E-state index contributed by atoms with van der Waals surface area (Å²) in [5, 5.41) is 27.9. The summed E-state index contributed by atoms with van der Waals surface area (Å²) in [6.07, 6.45) is 1.25. The van der Waals surface area contributed by atoms with Gasteiger partial charge in [-0.05, 0) is 41.0 Å². The highest BCUT2D eigenvalue weighted by Gasteiger charge is 2.37. The summed E-state index contributed by atoms with van der Waals surface area (Å²) in [7, 11) is 0. The molecule has 3 N–H and O–H groups in total. The zero-order valence-electron chi connectivity index (χ0n) is 19.0. The number of nitrogens with zero attached hydrogens (tertiary/aromatic N) is 4. The Morgan fingerprint density at radius 2 is 1.78 bits per heavy atom. The van der Waals surface area contributed by atoms with Crippen LogP contribution < -0.4 is 4.74 Å². The molecule has 9 nitrogen and oxygen atoms in total. The zero-order valence-corrected chi connectivity index (χ0v) is 19.7. The van der Waals surface area contributed by atoms with Crippen LogP contribution in [0.1, 0.15) is 0 Å². The summed E-state index contributed by atoms with van der Waals surface area (Å²) < 4.78 is 12.8. The Labute approximate surface area is 210 Å². The Hall–Kier alpha value is -3.76. The molecule has 3 aromatic carbocycles. The molecule has 1 aliphatic rings. The lowest BCUT2D eigenvalue weighted by Gasteiger charge is -2.15. The molecule has 3 atom stereocenters. The van der Waals surface area contributed by atoms with Gasteiger partial charge < -0.3 is 24.7 Å². The van der Waals surface area contributed by atoms with Crippen molar-refractivity contribution in [1.29, 1.82) is 0 Å². The van der Waals surface area contributed by atoms with Crippen molar-refractivity contribution in [3.63, 3.8) is 0 Å². The summed E-state index contributed by atoms with van der Waals surface area (Å²) in [5.41, 5.74) is 6.32. The van der Waals surface area contributed by atoms with Crippen LogP contribution in [0.5, 0.6) is 6.01 Å². The molecule has 1 saturated heterocycles. The van der Waals surface area contributed by atoms with E-state index in [9.17, 15) is 10.2 Å². The van der Waals surface area contributed by atoms with Gasteiger partial charge in [0, 0.05) is 5.56 Å². The molecular weight excluding hydrogens is 482 g/mol. The lowest BCUT2D eigenvalue weighted by atomic mass is 10.00. The number of nitrogens with one attached hydrogen (secondary N) is 1. The van der Waals surface area contributed by atoms with Crippen LogP contribution in [0, 0.1) is 0 Å². The smallest absolute Gasteiger partial charge is 0.295 e. The molecule has 1 fully saturated rings. The highest BCUT2D eigenvalue weighted by molar-refractivity contribution is 6.34. The third kappa shape index (κ3) is 4.22. The quantitative estimate of drug-likeness (QED) is 0.324. The zero-order chi connectivity index (χ0) is 24.6. The third-order valence-corrected chi connectivity index (χ3v) is 6.62. The fraction of sp³-hybridized carbons (Fsp3) is 0.192. The monoisotopic (exact) mass is 503 g/mol. The van der Waals surface area contributed by atoms with E-state index in [1.54, 1.807) is 23.1 Å². The Morgan fingerprint density at radius 3 is 2.44 bits per heavy atom. The van der Waals surface area contributed by atoms with Gasteiger partial charge >= 0.3 is 0 Å². The predicted octanol–water partition coefficient (Wildman–Crippen LogP) is 3.63. The first-order valence-corrected chi connectivity index (χ1v) is 11.8. The molecule has 36 heavy (non-hydrogen) atoms.